The van der Waals surface area contributed by atoms with Crippen LogP contribution in [0.5, 0.6) is 11.5 Å². The van der Waals surface area contributed by atoms with E-state index in [9.17, 15) is 14.7 Å². The molecule has 0 saturated carbocycles. The molecule has 1 spiro atoms. The van der Waals surface area contributed by atoms with E-state index in [1.807, 2.05) is 24.3 Å². The highest BCUT2D eigenvalue weighted by Gasteiger charge is 2.43. The number of nitrogens with zero attached hydrogens (tertiary/aromatic N) is 2. The molecule has 2 amide bonds. The topological polar surface area (TPSA) is 103 Å². The van der Waals surface area contributed by atoms with E-state index in [-0.39, 0.29) is 53.2 Å². The Hall–Kier alpha value is -4.93. The van der Waals surface area contributed by atoms with Crippen LogP contribution in [0.4, 0.5) is 15.8 Å². The molecule has 292 valence electrons. The summed E-state index contributed by atoms with van der Waals surface area (Å²) in [5.41, 5.74) is 6.11. The monoisotopic (exact) mass is 758 g/mol. The number of ether oxygens (including phenoxy) is 2. The minimum Gasteiger partial charge on any atom is -0.508 e. The van der Waals surface area contributed by atoms with Crippen molar-refractivity contribution in [2.24, 2.45) is 5.92 Å². The van der Waals surface area contributed by atoms with Crippen LogP contribution in [0.3, 0.4) is 0 Å². The van der Waals surface area contributed by atoms with Crippen LogP contribution < -0.4 is 20.3 Å². The lowest BCUT2D eigenvalue weighted by Gasteiger charge is -2.40. The quantitative estimate of drug-likeness (QED) is 0.161. The molecule has 10 heteroatoms. The number of carbonyl (C=O) groups excluding carboxylic acids is 2. The van der Waals surface area contributed by atoms with Crippen LogP contribution in [0.2, 0.25) is 0 Å². The summed E-state index contributed by atoms with van der Waals surface area (Å²) in [6.07, 6.45) is 5.66. The number of nitrogens with one attached hydrogen (secondary N) is 2. The van der Waals surface area contributed by atoms with Crippen molar-refractivity contribution in [3.05, 3.63) is 119 Å². The van der Waals surface area contributed by atoms with Crippen molar-refractivity contribution in [1.29, 1.82) is 0 Å². The lowest BCUT2D eigenvalue weighted by molar-refractivity contribution is -0.133. The van der Waals surface area contributed by atoms with Crippen LogP contribution in [-0.4, -0.2) is 79.4 Å². The van der Waals surface area contributed by atoms with E-state index in [1.54, 1.807) is 12.1 Å². The van der Waals surface area contributed by atoms with E-state index >= 15 is 4.39 Å². The Balaban J connectivity index is 0.766. The number of halogens is 1. The van der Waals surface area contributed by atoms with E-state index in [4.69, 9.17) is 9.47 Å². The summed E-state index contributed by atoms with van der Waals surface area (Å²) in [5, 5.41) is 15.6. The lowest BCUT2D eigenvalue weighted by atomic mass is 9.76. The number of imide groups is 1. The third-order valence-corrected chi connectivity index (χ3v) is 13.1. The van der Waals surface area contributed by atoms with E-state index in [2.05, 4.69) is 69.0 Å². The number of hydrogen-bond acceptors (Lipinski definition) is 8. The Morgan fingerprint density at radius 1 is 0.839 bits per heavy atom. The highest BCUT2D eigenvalue weighted by Crippen LogP contribution is 2.47. The smallest absolute Gasteiger partial charge is 0.249 e. The van der Waals surface area contributed by atoms with Gasteiger partial charge in [-0.2, -0.15) is 0 Å². The zero-order valence-electron chi connectivity index (χ0n) is 31.8. The number of aromatic hydroxyl groups is 1. The van der Waals surface area contributed by atoms with Gasteiger partial charge in [-0.25, -0.2) is 4.39 Å². The molecule has 1 unspecified atom stereocenters. The van der Waals surface area contributed by atoms with Gasteiger partial charge in [0, 0.05) is 60.9 Å². The van der Waals surface area contributed by atoms with Gasteiger partial charge < -0.3 is 29.7 Å². The SMILES string of the molecule is O=C1CCC(Nc2ccc(C3CCN(C[C@@H]4COC5(CCN(c6ccc([C@H]7c8ccc(O)cc8OC[C@H]7c7ccccc7)cc6)CC5)C4)CC3)c(F)c2)C(=O)N1. The average molecular weight is 759 g/mol. The molecule has 0 radical (unpaired) electrons. The summed E-state index contributed by atoms with van der Waals surface area (Å²) in [7, 11) is 0. The standard InChI is InChI=1S/C46H51FN4O5/c47-40-24-34(48-41-14-15-43(53)49-45(41)54)8-12-37(40)32-16-20-50(21-17-32)27-30-26-46(56-28-30)18-22-51(23-19-46)35-9-6-33(7-10-35)44-38-13-11-36(52)25-42(38)55-29-39(44)31-4-2-1-3-5-31/h1-13,24-25,30,32,39,41,44,48,52H,14-23,26-29H2,(H,49,53,54)/t30-,39+,41?,44+/m1/s1. The van der Waals surface area contributed by atoms with Crippen LogP contribution >= 0.6 is 0 Å². The summed E-state index contributed by atoms with van der Waals surface area (Å²) in [4.78, 5) is 28.6. The molecule has 0 aliphatic carbocycles. The van der Waals surface area contributed by atoms with E-state index in [0.717, 1.165) is 88.3 Å². The Morgan fingerprint density at radius 2 is 1.61 bits per heavy atom. The second kappa shape index (κ2) is 15.5. The molecule has 4 aromatic rings. The van der Waals surface area contributed by atoms with Gasteiger partial charge in [-0.3, -0.25) is 14.9 Å². The number of piperidine rings is 3. The summed E-state index contributed by atoms with van der Waals surface area (Å²) in [6.45, 7) is 6.22. The van der Waals surface area contributed by atoms with Crippen LogP contribution in [0, 0.1) is 11.7 Å². The van der Waals surface area contributed by atoms with Crippen LogP contribution in [-0.2, 0) is 14.3 Å². The van der Waals surface area contributed by atoms with Crippen molar-refractivity contribution >= 4 is 23.2 Å². The van der Waals surface area contributed by atoms with Gasteiger partial charge in [0.15, 0.2) is 0 Å². The molecule has 0 aromatic heterocycles. The molecule has 4 aromatic carbocycles. The first kappa shape index (κ1) is 36.7. The number of anilines is 2. The van der Waals surface area contributed by atoms with Gasteiger partial charge in [0.05, 0.1) is 18.8 Å². The van der Waals surface area contributed by atoms with Crippen LogP contribution in [0.15, 0.2) is 91.0 Å². The lowest BCUT2D eigenvalue weighted by Crippen LogP contribution is -2.47. The molecule has 5 heterocycles. The average Bonchev–Trinajstić information content (AvgIpc) is 3.60. The Kier molecular flexibility index (Phi) is 10.2. The van der Waals surface area contributed by atoms with Crippen LogP contribution in [0.1, 0.15) is 85.0 Å². The zero-order chi connectivity index (χ0) is 38.2. The van der Waals surface area contributed by atoms with E-state index < -0.39 is 6.04 Å². The fraction of sp³-hybridized carbons (Fsp3) is 0.435. The molecule has 56 heavy (non-hydrogen) atoms. The first-order valence-corrected chi connectivity index (χ1v) is 20.4. The third-order valence-electron chi connectivity index (χ3n) is 13.1. The predicted molar refractivity (Wildman–Crippen MR) is 214 cm³/mol. The first-order chi connectivity index (χ1) is 27.3. The molecular formula is C46H51FN4O5. The minimum absolute atomic E-state index is 0.0492. The second-order valence-electron chi connectivity index (χ2n) is 16.6. The summed E-state index contributed by atoms with van der Waals surface area (Å²) in [6, 6.07) is 29.8. The number of phenolic OH excluding ortho intramolecular Hbond substituents is 1. The van der Waals surface area contributed by atoms with Crippen LogP contribution in [0.25, 0.3) is 0 Å². The van der Waals surface area contributed by atoms with Gasteiger partial charge in [0.1, 0.15) is 23.4 Å². The van der Waals surface area contributed by atoms with Crippen molar-refractivity contribution in [1.82, 2.24) is 10.2 Å². The Labute approximate surface area is 328 Å². The number of likely N-dealkylation sites (tertiary alicyclic amines) is 1. The number of carbonyl (C=O) groups is 2. The normalized spacial score (nSPS) is 25.4. The maximum atomic E-state index is 15.3. The summed E-state index contributed by atoms with van der Waals surface area (Å²) in [5.74, 6) is 1.10. The molecular weight excluding hydrogens is 708 g/mol. The molecule has 3 N–H and O–H groups in total. The third kappa shape index (κ3) is 7.61. The van der Waals surface area contributed by atoms with Crippen molar-refractivity contribution in [2.45, 2.75) is 74.3 Å². The maximum Gasteiger partial charge on any atom is 0.249 e. The number of phenols is 1. The fourth-order valence-corrected chi connectivity index (χ4v) is 10.0. The second-order valence-corrected chi connectivity index (χ2v) is 16.6. The van der Waals surface area contributed by atoms with Crippen molar-refractivity contribution in [2.75, 3.05) is 56.2 Å². The first-order valence-electron chi connectivity index (χ1n) is 20.4. The van der Waals surface area contributed by atoms with E-state index in [1.165, 1.54) is 22.9 Å². The van der Waals surface area contributed by atoms with Gasteiger partial charge in [0.25, 0.3) is 0 Å². The van der Waals surface area contributed by atoms with Gasteiger partial charge in [0.2, 0.25) is 11.8 Å². The molecule has 9 nitrogen and oxygen atoms in total. The number of rotatable bonds is 8. The number of fused-ring (bicyclic) bond motifs is 1. The van der Waals surface area contributed by atoms with Crippen molar-refractivity contribution < 1.29 is 28.6 Å². The maximum absolute atomic E-state index is 15.3. The molecule has 0 bridgehead atoms. The Bertz CT molecular complexity index is 2040. The Morgan fingerprint density at radius 3 is 2.36 bits per heavy atom. The summed E-state index contributed by atoms with van der Waals surface area (Å²) >= 11 is 0. The van der Waals surface area contributed by atoms with Gasteiger partial charge >= 0.3 is 0 Å². The zero-order valence-corrected chi connectivity index (χ0v) is 31.8. The predicted octanol–water partition coefficient (Wildman–Crippen LogP) is 7.31. The molecule has 4 atom stereocenters. The molecule has 4 saturated heterocycles. The number of benzene rings is 4. The molecule has 9 rings (SSSR count). The minimum atomic E-state index is -0.528. The van der Waals surface area contributed by atoms with Crippen molar-refractivity contribution in [3.8, 4) is 11.5 Å². The molecule has 4 fully saturated rings. The highest BCUT2D eigenvalue weighted by molar-refractivity contribution is 6.01. The number of amides is 2. The van der Waals surface area contributed by atoms with Gasteiger partial charge in [-0.05, 0) is 110 Å². The fourth-order valence-electron chi connectivity index (χ4n) is 10.0. The number of hydrogen-bond donors (Lipinski definition) is 3. The summed E-state index contributed by atoms with van der Waals surface area (Å²) < 4.78 is 28.1. The van der Waals surface area contributed by atoms with Gasteiger partial charge in [-0.1, -0.05) is 54.6 Å². The van der Waals surface area contributed by atoms with Gasteiger partial charge in [-0.15, -0.1) is 0 Å². The molecule has 5 aliphatic rings. The molecule has 5 aliphatic heterocycles. The van der Waals surface area contributed by atoms with E-state index in [0.29, 0.717) is 24.6 Å². The van der Waals surface area contributed by atoms with Crippen molar-refractivity contribution in [3.63, 3.8) is 0 Å². The largest absolute Gasteiger partial charge is 0.508 e. The highest BCUT2D eigenvalue weighted by atomic mass is 19.1.